The number of likely N-dealkylation sites (N-methyl/N-ethyl adjacent to an activating group) is 1. The Morgan fingerprint density at radius 3 is 2.33 bits per heavy atom. The second kappa shape index (κ2) is 6.91. The predicted molar refractivity (Wildman–Crippen MR) is 85.3 cm³/mol. The summed E-state index contributed by atoms with van der Waals surface area (Å²) < 4.78 is 2.49. The van der Waals surface area contributed by atoms with Crippen molar-refractivity contribution in [2.24, 2.45) is 14.1 Å². The summed E-state index contributed by atoms with van der Waals surface area (Å²) >= 11 is 0. The molecule has 7 nitrogen and oxygen atoms in total. The molecule has 0 bridgehead atoms. The Labute approximate surface area is 129 Å². The lowest BCUT2D eigenvalue weighted by atomic mass is 10.3. The second-order valence-corrected chi connectivity index (χ2v) is 4.86. The summed E-state index contributed by atoms with van der Waals surface area (Å²) in [6.45, 7) is 7.07. The van der Waals surface area contributed by atoms with Crippen molar-refractivity contribution in [2.45, 2.75) is 20.3 Å². The van der Waals surface area contributed by atoms with Crippen LogP contribution in [0.25, 0.3) is 11.2 Å². The lowest BCUT2D eigenvalue weighted by Crippen LogP contribution is -2.36. The molecule has 0 aliphatic heterocycles. The van der Waals surface area contributed by atoms with Crippen LogP contribution in [0.5, 0.6) is 0 Å². The van der Waals surface area contributed by atoms with Gasteiger partial charge >= 0.3 is 5.69 Å². The van der Waals surface area contributed by atoms with Gasteiger partial charge in [0, 0.05) is 27.1 Å². The number of aryl methyl sites for hydroxylation is 1. The molecule has 0 amide bonds. The number of rotatable bonds is 5. The fourth-order valence-electron chi connectivity index (χ4n) is 2.30. The first-order chi connectivity index (χ1) is 9.49. The van der Waals surface area contributed by atoms with Crippen molar-refractivity contribution in [2.75, 3.05) is 19.6 Å². The van der Waals surface area contributed by atoms with Gasteiger partial charge in [0.05, 0.1) is 0 Å². The monoisotopic (exact) mass is 315 g/mol. The fraction of sp³-hybridized carbons (Fsp3) is 0.615. The maximum atomic E-state index is 12.0. The summed E-state index contributed by atoms with van der Waals surface area (Å²) in [5, 5.41) is 0. The highest BCUT2D eigenvalue weighted by Gasteiger charge is 2.13. The number of fused-ring (bicyclic) bond motifs is 1. The molecule has 0 aliphatic rings. The number of nitrogens with zero attached hydrogens (tertiary/aromatic N) is 4. The van der Waals surface area contributed by atoms with E-state index in [1.807, 2.05) is 0 Å². The van der Waals surface area contributed by atoms with E-state index in [2.05, 4.69) is 28.7 Å². The molecule has 2 aromatic rings. The summed E-state index contributed by atoms with van der Waals surface area (Å²) in [6.07, 6.45) is 0.730. The van der Waals surface area contributed by atoms with Crippen LogP contribution in [0.15, 0.2) is 9.59 Å². The van der Waals surface area contributed by atoms with Crippen LogP contribution in [-0.2, 0) is 20.5 Å². The van der Waals surface area contributed by atoms with Gasteiger partial charge in [-0.25, -0.2) is 9.78 Å². The zero-order valence-corrected chi connectivity index (χ0v) is 13.7. The molecule has 0 fully saturated rings. The number of aromatic amines is 1. The molecule has 0 saturated carbocycles. The largest absolute Gasteiger partial charge is 0.336 e. The van der Waals surface area contributed by atoms with Gasteiger partial charge in [0.2, 0.25) is 0 Å². The number of hydrogen-bond acceptors (Lipinski definition) is 4. The molecule has 2 aromatic heterocycles. The highest BCUT2D eigenvalue weighted by atomic mass is 35.5. The molecular weight excluding hydrogens is 294 g/mol. The minimum Gasteiger partial charge on any atom is -0.336 e. The predicted octanol–water partition coefficient (Wildman–Crippen LogP) is 0.266. The molecule has 0 aromatic carbocycles. The van der Waals surface area contributed by atoms with Gasteiger partial charge in [-0.3, -0.25) is 13.9 Å². The highest BCUT2D eigenvalue weighted by Crippen LogP contribution is 2.05. The smallest absolute Gasteiger partial charge is 0.332 e. The zero-order valence-electron chi connectivity index (χ0n) is 12.8. The van der Waals surface area contributed by atoms with E-state index in [9.17, 15) is 9.59 Å². The van der Waals surface area contributed by atoms with Crippen LogP contribution in [0.3, 0.4) is 0 Å². The van der Waals surface area contributed by atoms with Gasteiger partial charge < -0.3 is 9.88 Å². The third kappa shape index (κ3) is 3.19. The van der Waals surface area contributed by atoms with Crippen LogP contribution in [0.4, 0.5) is 0 Å². The first-order valence-corrected chi connectivity index (χ1v) is 6.86. The molecule has 0 saturated heterocycles. The topological polar surface area (TPSA) is 75.9 Å². The molecule has 0 radical (unpaired) electrons. The zero-order chi connectivity index (χ0) is 14.9. The molecule has 118 valence electrons. The average Bonchev–Trinajstić information content (AvgIpc) is 2.88. The van der Waals surface area contributed by atoms with E-state index in [0.29, 0.717) is 11.2 Å². The molecule has 2 heterocycles. The Morgan fingerprint density at radius 2 is 1.76 bits per heavy atom. The summed E-state index contributed by atoms with van der Waals surface area (Å²) in [5.41, 5.74) is 0.130. The van der Waals surface area contributed by atoms with Crippen molar-refractivity contribution >= 4 is 23.6 Å². The maximum absolute atomic E-state index is 12.0. The maximum Gasteiger partial charge on any atom is 0.332 e. The normalized spacial score (nSPS) is 11.1. The van der Waals surface area contributed by atoms with Gasteiger partial charge in [-0.1, -0.05) is 13.8 Å². The van der Waals surface area contributed by atoms with E-state index >= 15 is 0 Å². The van der Waals surface area contributed by atoms with E-state index in [-0.39, 0.29) is 23.7 Å². The minimum atomic E-state index is -0.357. The average molecular weight is 316 g/mol. The summed E-state index contributed by atoms with van der Waals surface area (Å²) in [4.78, 5) is 33.6. The van der Waals surface area contributed by atoms with Crippen molar-refractivity contribution < 1.29 is 0 Å². The van der Waals surface area contributed by atoms with Crippen LogP contribution in [0, 0.1) is 0 Å². The standard InChI is InChI=1S/C13H21N5O2.ClH/c1-5-18(6-2)8-7-9-14-10-11(15-9)16(3)13(20)17(4)12(10)19;/h5-8H2,1-4H3,(H,14,15);1H. The summed E-state index contributed by atoms with van der Waals surface area (Å²) in [5.74, 6) is 0.741. The first kappa shape index (κ1) is 17.5. The van der Waals surface area contributed by atoms with Gasteiger partial charge in [0.1, 0.15) is 11.3 Å². The molecule has 0 unspecified atom stereocenters. The van der Waals surface area contributed by atoms with Crippen molar-refractivity contribution in [3.63, 3.8) is 0 Å². The molecule has 0 spiro atoms. The van der Waals surface area contributed by atoms with Crippen molar-refractivity contribution in [1.29, 1.82) is 0 Å². The number of nitrogens with one attached hydrogen (secondary N) is 1. The summed E-state index contributed by atoms with van der Waals surface area (Å²) in [6, 6.07) is 0. The van der Waals surface area contributed by atoms with E-state index in [4.69, 9.17) is 0 Å². The lowest BCUT2D eigenvalue weighted by Gasteiger charge is -2.16. The first-order valence-electron chi connectivity index (χ1n) is 6.86. The molecule has 0 atom stereocenters. The lowest BCUT2D eigenvalue weighted by molar-refractivity contribution is 0.306. The Hall–Kier alpha value is -1.60. The van der Waals surface area contributed by atoms with Crippen LogP contribution in [0.2, 0.25) is 0 Å². The highest BCUT2D eigenvalue weighted by molar-refractivity contribution is 5.85. The van der Waals surface area contributed by atoms with Gasteiger partial charge in [0.25, 0.3) is 5.56 Å². The molecule has 21 heavy (non-hydrogen) atoms. The molecule has 2 rings (SSSR count). The Bertz CT molecular complexity index is 726. The Kier molecular flexibility index (Phi) is 5.74. The number of hydrogen-bond donors (Lipinski definition) is 1. The minimum absolute atomic E-state index is 0. The molecule has 8 heteroatoms. The van der Waals surface area contributed by atoms with Gasteiger partial charge in [-0.05, 0) is 13.1 Å². The fourth-order valence-corrected chi connectivity index (χ4v) is 2.30. The van der Waals surface area contributed by atoms with Crippen LogP contribution in [0.1, 0.15) is 19.7 Å². The van der Waals surface area contributed by atoms with Crippen LogP contribution < -0.4 is 11.2 Å². The third-order valence-electron chi connectivity index (χ3n) is 3.70. The van der Waals surface area contributed by atoms with E-state index in [1.165, 1.54) is 11.6 Å². The Balaban J connectivity index is 0.00000220. The Morgan fingerprint density at radius 1 is 1.14 bits per heavy atom. The quantitative estimate of drug-likeness (QED) is 0.859. The van der Waals surface area contributed by atoms with Gasteiger partial charge in [0.15, 0.2) is 5.65 Å². The van der Waals surface area contributed by atoms with Crippen molar-refractivity contribution in [3.05, 3.63) is 26.7 Å². The molecule has 1 N–H and O–H groups in total. The van der Waals surface area contributed by atoms with E-state index in [0.717, 1.165) is 36.4 Å². The van der Waals surface area contributed by atoms with Gasteiger partial charge in [-0.15, -0.1) is 12.4 Å². The molecular formula is C13H22ClN5O2. The van der Waals surface area contributed by atoms with Crippen LogP contribution >= 0.6 is 12.4 Å². The van der Waals surface area contributed by atoms with Crippen molar-refractivity contribution in [3.8, 4) is 0 Å². The van der Waals surface area contributed by atoms with Gasteiger partial charge in [-0.2, -0.15) is 0 Å². The SMILES string of the molecule is CCN(CC)CCc1nc2c([nH]1)c(=O)n(C)c(=O)n2C.Cl. The number of halogens is 1. The second-order valence-electron chi connectivity index (χ2n) is 4.86. The number of H-pyrrole nitrogens is 1. The van der Waals surface area contributed by atoms with E-state index in [1.54, 1.807) is 7.05 Å². The number of aromatic nitrogens is 4. The third-order valence-corrected chi connectivity index (χ3v) is 3.70. The van der Waals surface area contributed by atoms with Crippen LogP contribution in [-0.4, -0.2) is 43.6 Å². The van der Waals surface area contributed by atoms with E-state index < -0.39 is 0 Å². The summed E-state index contributed by atoms with van der Waals surface area (Å²) in [7, 11) is 3.10. The van der Waals surface area contributed by atoms with Crippen molar-refractivity contribution in [1.82, 2.24) is 24.0 Å². The molecule has 0 aliphatic carbocycles. The number of imidazole rings is 1.